The normalized spacial score (nSPS) is 13.6. The third-order valence-corrected chi connectivity index (χ3v) is 5.36. The SMILES string of the molecule is O=C1CCCc2cc(-c3csc(NCCc4ccccc4)n3)ccc2N1. The highest BCUT2D eigenvalue weighted by Crippen LogP contribution is 2.30. The summed E-state index contributed by atoms with van der Waals surface area (Å²) in [7, 11) is 0. The van der Waals surface area contributed by atoms with Gasteiger partial charge in [0.05, 0.1) is 5.69 Å². The molecule has 2 N–H and O–H groups in total. The Morgan fingerprint density at radius 1 is 1.12 bits per heavy atom. The minimum atomic E-state index is 0.107. The smallest absolute Gasteiger partial charge is 0.224 e. The molecule has 0 unspecified atom stereocenters. The Balaban J connectivity index is 1.43. The van der Waals surface area contributed by atoms with Gasteiger partial charge in [0.25, 0.3) is 0 Å². The van der Waals surface area contributed by atoms with Crippen LogP contribution in [0.4, 0.5) is 10.8 Å². The molecular weight excluding hydrogens is 342 g/mol. The van der Waals surface area contributed by atoms with Gasteiger partial charge in [-0.25, -0.2) is 4.98 Å². The predicted octanol–water partition coefficient (Wildman–Crippen LogP) is 4.74. The van der Waals surface area contributed by atoms with Crippen molar-refractivity contribution in [3.8, 4) is 11.3 Å². The van der Waals surface area contributed by atoms with Crippen LogP contribution in [0, 0.1) is 0 Å². The van der Waals surface area contributed by atoms with E-state index in [9.17, 15) is 4.79 Å². The Kier molecular flexibility index (Phi) is 4.97. The number of amides is 1. The molecule has 0 bridgehead atoms. The fraction of sp³-hybridized carbons (Fsp3) is 0.238. The van der Waals surface area contributed by atoms with Crippen LogP contribution in [0.1, 0.15) is 24.0 Å². The van der Waals surface area contributed by atoms with Crippen LogP contribution in [0.15, 0.2) is 53.9 Å². The molecule has 0 saturated heterocycles. The third kappa shape index (κ3) is 3.94. The van der Waals surface area contributed by atoms with Crippen molar-refractivity contribution in [2.24, 2.45) is 0 Å². The van der Waals surface area contributed by atoms with Gasteiger partial charge in [0.15, 0.2) is 5.13 Å². The zero-order valence-electron chi connectivity index (χ0n) is 14.5. The van der Waals surface area contributed by atoms with Crippen LogP contribution in [0.3, 0.4) is 0 Å². The monoisotopic (exact) mass is 363 g/mol. The Morgan fingerprint density at radius 3 is 2.88 bits per heavy atom. The highest BCUT2D eigenvalue weighted by Gasteiger charge is 2.14. The van der Waals surface area contributed by atoms with Crippen molar-refractivity contribution in [3.05, 3.63) is 65.0 Å². The molecule has 4 nitrogen and oxygen atoms in total. The van der Waals surface area contributed by atoms with Crippen molar-refractivity contribution in [3.63, 3.8) is 0 Å². The first-order valence-electron chi connectivity index (χ1n) is 8.94. The zero-order valence-corrected chi connectivity index (χ0v) is 15.3. The summed E-state index contributed by atoms with van der Waals surface area (Å²) in [6.07, 6.45) is 3.39. The van der Waals surface area contributed by atoms with Gasteiger partial charge in [-0.05, 0) is 42.5 Å². The summed E-state index contributed by atoms with van der Waals surface area (Å²) in [5, 5.41) is 9.42. The van der Waals surface area contributed by atoms with Crippen LogP contribution in [0.5, 0.6) is 0 Å². The van der Waals surface area contributed by atoms with E-state index in [-0.39, 0.29) is 5.91 Å². The van der Waals surface area contributed by atoms with Gasteiger partial charge in [-0.15, -0.1) is 11.3 Å². The Hall–Kier alpha value is -2.66. The maximum atomic E-state index is 11.7. The van der Waals surface area contributed by atoms with Gasteiger partial charge in [-0.3, -0.25) is 4.79 Å². The van der Waals surface area contributed by atoms with Gasteiger partial charge in [0, 0.05) is 29.6 Å². The quantitative estimate of drug-likeness (QED) is 0.688. The third-order valence-electron chi connectivity index (χ3n) is 4.56. The van der Waals surface area contributed by atoms with Gasteiger partial charge in [0.1, 0.15) is 0 Å². The topological polar surface area (TPSA) is 54.0 Å². The molecule has 0 spiro atoms. The molecule has 5 heteroatoms. The molecule has 0 radical (unpaired) electrons. The van der Waals surface area contributed by atoms with Gasteiger partial charge in [0.2, 0.25) is 5.91 Å². The van der Waals surface area contributed by atoms with E-state index in [0.717, 1.165) is 47.9 Å². The number of carbonyl (C=O) groups excluding carboxylic acids is 1. The zero-order chi connectivity index (χ0) is 17.8. The van der Waals surface area contributed by atoms with Crippen LogP contribution in [-0.4, -0.2) is 17.4 Å². The summed E-state index contributed by atoms with van der Waals surface area (Å²) >= 11 is 1.63. The van der Waals surface area contributed by atoms with Crippen molar-refractivity contribution in [2.75, 3.05) is 17.2 Å². The number of benzene rings is 2. The van der Waals surface area contributed by atoms with E-state index in [1.807, 2.05) is 18.2 Å². The largest absolute Gasteiger partial charge is 0.361 e. The fourth-order valence-electron chi connectivity index (χ4n) is 3.18. The number of aromatic nitrogens is 1. The second kappa shape index (κ2) is 7.70. The lowest BCUT2D eigenvalue weighted by Crippen LogP contribution is -2.09. The number of rotatable bonds is 5. The average molecular weight is 363 g/mol. The first-order chi connectivity index (χ1) is 12.8. The highest BCUT2D eigenvalue weighted by molar-refractivity contribution is 7.14. The van der Waals surface area contributed by atoms with E-state index in [4.69, 9.17) is 4.98 Å². The molecule has 0 saturated carbocycles. The molecular formula is C21H21N3OS. The summed E-state index contributed by atoms with van der Waals surface area (Å²) in [6.45, 7) is 0.868. The van der Waals surface area contributed by atoms with Crippen LogP contribution >= 0.6 is 11.3 Å². The highest BCUT2D eigenvalue weighted by atomic mass is 32.1. The molecule has 26 heavy (non-hydrogen) atoms. The molecule has 2 aromatic carbocycles. The number of hydrogen-bond acceptors (Lipinski definition) is 4. The summed E-state index contributed by atoms with van der Waals surface area (Å²) in [6, 6.07) is 16.6. The summed E-state index contributed by atoms with van der Waals surface area (Å²) in [4.78, 5) is 16.4. The second-order valence-corrected chi connectivity index (χ2v) is 7.33. The van der Waals surface area contributed by atoms with Gasteiger partial charge in [-0.1, -0.05) is 36.4 Å². The van der Waals surface area contributed by atoms with E-state index in [2.05, 4.69) is 46.3 Å². The van der Waals surface area contributed by atoms with E-state index in [0.29, 0.717) is 6.42 Å². The predicted molar refractivity (Wildman–Crippen MR) is 108 cm³/mol. The van der Waals surface area contributed by atoms with Crippen molar-refractivity contribution >= 4 is 28.1 Å². The lowest BCUT2D eigenvalue weighted by molar-refractivity contribution is -0.116. The van der Waals surface area contributed by atoms with Crippen molar-refractivity contribution in [1.29, 1.82) is 0 Å². The molecule has 132 valence electrons. The first-order valence-corrected chi connectivity index (χ1v) is 9.82. The lowest BCUT2D eigenvalue weighted by atomic mass is 10.0. The number of nitrogens with one attached hydrogen (secondary N) is 2. The number of hydrogen-bond donors (Lipinski definition) is 2. The molecule has 2 heterocycles. The molecule has 0 atom stereocenters. The number of carbonyl (C=O) groups is 1. The van der Waals surface area contributed by atoms with Crippen molar-refractivity contribution < 1.29 is 4.79 Å². The van der Waals surface area contributed by atoms with Gasteiger partial charge in [-0.2, -0.15) is 0 Å². The van der Waals surface area contributed by atoms with E-state index >= 15 is 0 Å². The minimum Gasteiger partial charge on any atom is -0.361 e. The van der Waals surface area contributed by atoms with E-state index in [1.54, 1.807) is 11.3 Å². The van der Waals surface area contributed by atoms with Crippen LogP contribution < -0.4 is 10.6 Å². The van der Waals surface area contributed by atoms with Gasteiger partial charge < -0.3 is 10.6 Å². The molecule has 1 aliphatic heterocycles. The molecule has 0 fully saturated rings. The fourth-order valence-corrected chi connectivity index (χ4v) is 3.93. The van der Waals surface area contributed by atoms with Crippen LogP contribution in [0.2, 0.25) is 0 Å². The summed E-state index contributed by atoms with van der Waals surface area (Å²) < 4.78 is 0. The van der Waals surface area contributed by atoms with E-state index in [1.165, 1.54) is 11.1 Å². The average Bonchev–Trinajstić information content (AvgIpc) is 3.04. The molecule has 3 aromatic rings. The standard InChI is InChI=1S/C21H21N3OS/c25-20-8-4-7-16-13-17(9-10-18(16)23-20)19-14-26-21(24-19)22-12-11-15-5-2-1-3-6-15/h1-3,5-6,9-10,13-14H,4,7-8,11-12H2,(H,22,24)(H,23,25). The number of nitrogens with zero attached hydrogens (tertiary/aromatic N) is 1. The van der Waals surface area contributed by atoms with Crippen molar-refractivity contribution in [2.45, 2.75) is 25.7 Å². The maximum Gasteiger partial charge on any atom is 0.224 e. The molecule has 1 amide bonds. The first kappa shape index (κ1) is 16.8. The Labute approximate surface area is 157 Å². The number of aryl methyl sites for hydroxylation is 1. The van der Waals surface area contributed by atoms with E-state index < -0.39 is 0 Å². The number of anilines is 2. The van der Waals surface area contributed by atoms with Crippen LogP contribution in [0.25, 0.3) is 11.3 Å². The molecule has 1 aromatic heterocycles. The maximum absolute atomic E-state index is 11.7. The molecule has 0 aliphatic carbocycles. The second-order valence-electron chi connectivity index (χ2n) is 6.47. The summed E-state index contributed by atoms with van der Waals surface area (Å²) in [5.41, 5.74) is 5.54. The molecule has 4 rings (SSSR count). The van der Waals surface area contributed by atoms with Crippen molar-refractivity contribution in [1.82, 2.24) is 4.98 Å². The molecule has 1 aliphatic rings. The van der Waals surface area contributed by atoms with Gasteiger partial charge >= 0.3 is 0 Å². The lowest BCUT2D eigenvalue weighted by Gasteiger charge is -2.08. The van der Waals surface area contributed by atoms with Crippen LogP contribution in [-0.2, 0) is 17.6 Å². The minimum absolute atomic E-state index is 0.107. The summed E-state index contributed by atoms with van der Waals surface area (Å²) in [5.74, 6) is 0.107. The number of fused-ring (bicyclic) bond motifs is 1. The number of thiazole rings is 1. The Bertz CT molecular complexity index is 905. The Morgan fingerprint density at radius 2 is 2.00 bits per heavy atom.